The number of aliphatic hydroxyl groups excluding tert-OH is 1. The van der Waals surface area contributed by atoms with E-state index in [0.717, 1.165) is 33.9 Å². The molecule has 1 fully saturated rings. The van der Waals surface area contributed by atoms with Gasteiger partial charge in [0.2, 0.25) is 0 Å². The molecule has 200 valence electrons. The Balaban J connectivity index is 1.73. The van der Waals surface area contributed by atoms with Crippen molar-refractivity contribution in [2.75, 3.05) is 18.1 Å². The minimum atomic E-state index is -1.07. The number of aromatic nitrogens is 1. The number of rotatable bonds is 7. The van der Waals surface area contributed by atoms with Crippen LogP contribution in [0.3, 0.4) is 0 Å². The number of ketones is 1. The van der Waals surface area contributed by atoms with Crippen LogP contribution in [0.25, 0.3) is 16.0 Å². The van der Waals surface area contributed by atoms with E-state index in [4.69, 9.17) is 9.47 Å². The van der Waals surface area contributed by atoms with Gasteiger partial charge in [0.05, 0.1) is 40.6 Å². The van der Waals surface area contributed by atoms with E-state index in [9.17, 15) is 23.5 Å². The Labute approximate surface area is 226 Å². The second-order valence-electron chi connectivity index (χ2n) is 8.84. The highest BCUT2D eigenvalue weighted by atomic mass is 32.1. The maximum Gasteiger partial charge on any atom is 0.301 e. The summed E-state index contributed by atoms with van der Waals surface area (Å²) in [6, 6.07) is 12.9. The van der Waals surface area contributed by atoms with Gasteiger partial charge < -0.3 is 14.6 Å². The van der Waals surface area contributed by atoms with Gasteiger partial charge in [0.15, 0.2) is 16.8 Å². The van der Waals surface area contributed by atoms with Crippen molar-refractivity contribution in [2.45, 2.75) is 26.8 Å². The Hall–Kier alpha value is -4.31. The van der Waals surface area contributed by atoms with Crippen molar-refractivity contribution in [3.63, 3.8) is 0 Å². The molecule has 0 spiro atoms. The second kappa shape index (κ2) is 10.5. The lowest BCUT2D eigenvalue weighted by atomic mass is 9.94. The number of benzene rings is 3. The van der Waals surface area contributed by atoms with E-state index in [1.807, 2.05) is 19.9 Å². The van der Waals surface area contributed by atoms with Gasteiger partial charge in [-0.15, -0.1) is 0 Å². The van der Waals surface area contributed by atoms with E-state index in [1.54, 1.807) is 43.3 Å². The van der Waals surface area contributed by atoms with E-state index in [1.165, 1.54) is 0 Å². The number of ether oxygens (including phenoxy) is 2. The number of anilines is 1. The molecule has 2 heterocycles. The summed E-state index contributed by atoms with van der Waals surface area (Å²) in [7, 11) is 0. The van der Waals surface area contributed by atoms with E-state index >= 15 is 0 Å². The van der Waals surface area contributed by atoms with Gasteiger partial charge in [-0.2, -0.15) is 0 Å². The molecule has 0 radical (unpaired) electrons. The molecule has 1 N–H and O–H groups in total. The van der Waals surface area contributed by atoms with Crippen molar-refractivity contribution in [1.29, 1.82) is 0 Å². The third-order valence-electron chi connectivity index (χ3n) is 6.25. The van der Waals surface area contributed by atoms with Crippen LogP contribution in [-0.2, 0) is 9.59 Å². The van der Waals surface area contributed by atoms with Gasteiger partial charge in [0.25, 0.3) is 5.78 Å². The lowest BCUT2D eigenvalue weighted by Crippen LogP contribution is -2.29. The summed E-state index contributed by atoms with van der Waals surface area (Å²) in [5.74, 6) is -3.60. The Morgan fingerprint density at radius 3 is 2.49 bits per heavy atom. The predicted octanol–water partition coefficient (Wildman–Crippen LogP) is 6.31. The van der Waals surface area contributed by atoms with Gasteiger partial charge in [0.1, 0.15) is 17.3 Å². The first-order valence-electron chi connectivity index (χ1n) is 12.3. The van der Waals surface area contributed by atoms with E-state index in [0.29, 0.717) is 22.6 Å². The van der Waals surface area contributed by atoms with Crippen LogP contribution in [0.5, 0.6) is 11.5 Å². The van der Waals surface area contributed by atoms with Crippen molar-refractivity contribution in [1.82, 2.24) is 4.98 Å². The van der Waals surface area contributed by atoms with Crippen LogP contribution < -0.4 is 14.4 Å². The molecule has 1 atom stereocenters. The number of hydrogen-bond acceptors (Lipinski definition) is 7. The van der Waals surface area contributed by atoms with Crippen LogP contribution in [0.2, 0.25) is 0 Å². The van der Waals surface area contributed by atoms with Crippen LogP contribution in [-0.4, -0.2) is 35.0 Å². The number of carbonyl (C=O) groups is 2. The first-order chi connectivity index (χ1) is 18.7. The number of halogens is 2. The van der Waals surface area contributed by atoms with E-state index < -0.39 is 35.1 Å². The number of thiazole rings is 1. The maximum absolute atomic E-state index is 13.9. The molecule has 1 aliphatic heterocycles. The standard InChI is InChI=1S/C29H24F2N2O5S/c1-4-37-17-9-10-18(22(12-17)38-5-2)26(34)24-25(16-8-6-7-15(3)11-16)33(28(36)27(24)35)29-32-21-13-19(30)20(31)14-23(21)39-29/h6-14,25,34H,4-5H2,1-3H3/b26-24+. The number of amides is 1. The minimum Gasteiger partial charge on any atom is -0.507 e. The highest BCUT2D eigenvalue weighted by molar-refractivity contribution is 7.22. The Kier molecular flexibility index (Phi) is 7.05. The molecular formula is C29H24F2N2O5S. The smallest absolute Gasteiger partial charge is 0.301 e. The molecule has 0 bridgehead atoms. The molecule has 1 unspecified atom stereocenters. The molecule has 1 saturated heterocycles. The third kappa shape index (κ3) is 4.72. The van der Waals surface area contributed by atoms with Crippen molar-refractivity contribution in [3.05, 3.63) is 88.5 Å². The fourth-order valence-corrected chi connectivity index (χ4v) is 5.57. The van der Waals surface area contributed by atoms with E-state index in [-0.39, 0.29) is 34.1 Å². The summed E-state index contributed by atoms with van der Waals surface area (Å²) in [6.45, 7) is 6.18. The molecule has 5 rings (SSSR count). The highest BCUT2D eigenvalue weighted by Gasteiger charge is 2.48. The molecule has 0 saturated carbocycles. The minimum absolute atomic E-state index is 0.0689. The van der Waals surface area contributed by atoms with Gasteiger partial charge in [-0.25, -0.2) is 13.8 Å². The number of Topliss-reactive ketones (excluding diaryl/α,β-unsaturated/α-hetero) is 1. The lowest BCUT2D eigenvalue weighted by molar-refractivity contribution is -0.132. The summed E-state index contributed by atoms with van der Waals surface area (Å²) in [5.41, 5.74) is 1.61. The molecule has 3 aromatic carbocycles. The fourth-order valence-electron chi connectivity index (χ4n) is 4.57. The monoisotopic (exact) mass is 550 g/mol. The number of aryl methyl sites for hydroxylation is 1. The second-order valence-corrected chi connectivity index (χ2v) is 9.85. The number of nitrogens with zero attached hydrogens (tertiary/aromatic N) is 2. The maximum atomic E-state index is 13.9. The average molecular weight is 551 g/mol. The quantitative estimate of drug-likeness (QED) is 0.165. The zero-order valence-corrected chi connectivity index (χ0v) is 22.1. The predicted molar refractivity (Wildman–Crippen MR) is 144 cm³/mol. The average Bonchev–Trinajstić information content (AvgIpc) is 3.42. The fraction of sp³-hybridized carbons (Fsp3) is 0.207. The Morgan fingerprint density at radius 2 is 1.77 bits per heavy atom. The molecule has 0 aliphatic carbocycles. The summed E-state index contributed by atoms with van der Waals surface area (Å²) in [6.07, 6.45) is 0. The van der Waals surface area contributed by atoms with Crippen molar-refractivity contribution < 1.29 is 33.0 Å². The summed E-state index contributed by atoms with van der Waals surface area (Å²) < 4.78 is 39.4. The highest BCUT2D eigenvalue weighted by Crippen LogP contribution is 2.45. The summed E-state index contributed by atoms with van der Waals surface area (Å²) in [5, 5.41) is 11.6. The first-order valence-corrected chi connectivity index (χ1v) is 13.1. The van der Waals surface area contributed by atoms with Crippen LogP contribution in [0.4, 0.5) is 13.9 Å². The van der Waals surface area contributed by atoms with Crippen molar-refractivity contribution >= 4 is 44.1 Å². The van der Waals surface area contributed by atoms with Crippen LogP contribution in [0, 0.1) is 18.6 Å². The lowest BCUT2D eigenvalue weighted by Gasteiger charge is -2.23. The van der Waals surface area contributed by atoms with Gasteiger partial charge >= 0.3 is 5.91 Å². The number of fused-ring (bicyclic) bond motifs is 1. The number of hydrogen-bond donors (Lipinski definition) is 1. The number of carbonyl (C=O) groups excluding carboxylic acids is 2. The SMILES string of the molecule is CCOc1ccc(/C(O)=C2\C(=O)C(=O)N(c3nc4cc(F)c(F)cc4s3)C2c2cccc(C)c2)c(OCC)c1. The normalized spacial score (nSPS) is 16.7. The third-order valence-corrected chi connectivity index (χ3v) is 7.26. The zero-order chi connectivity index (χ0) is 27.8. The van der Waals surface area contributed by atoms with Gasteiger partial charge in [0, 0.05) is 12.1 Å². The topological polar surface area (TPSA) is 89.0 Å². The van der Waals surface area contributed by atoms with Crippen LogP contribution >= 0.6 is 11.3 Å². The molecule has 10 heteroatoms. The molecule has 1 aromatic heterocycles. The molecule has 4 aromatic rings. The summed E-state index contributed by atoms with van der Waals surface area (Å²) >= 11 is 0.944. The van der Waals surface area contributed by atoms with E-state index in [2.05, 4.69) is 4.98 Å². The van der Waals surface area contributed by atoms with Gasteiger partial charge in [-0.1, -0.05) is 41.2 Å². The molecular weight excluding hydrogens is 526 g/mol. The zero-order valence-electron chi connectivity index (χ0n) is 21.3. The molecule has 1 aliphatic rings. The van der Waals surface area contributed by atoms with Crippen molar-refractivity contribution in [2.24, 2.45) is 0 Å². The van der Waals surface area contributed by atoms with Crippen molar-refractivity contribution in [3.8, 4) is 11.5 Å². The summed E-state index contributed by atoms with van der Waals surface area (Å²) in [4.78, 5) is 32.5. The Bertz CT molecular complexity index is 1610. The van der Waals surface area contributed by atoms with Crippen LogP contribution in [0.1, 0.15) is 36.6 Å². The van der Waals surface area contributed by atoms with Gasteiger partial charge in [-0.05, 0) is 44.5 Å². The molecule has 7 nitrogen and oxygen atoms in total. The van der Waals surface area contributed by atoms with Crippen LogP contribution in [0.15, 0.2) is 60.2 Å². The number of aliphatic hydroxyl groups is 1. The molecule has 39 heavy (non-hydrogen) atoms. The largest absolute Gasteiger partial charge is 0.507 e. The van der Waals surface area contributed by atoms with Gasteiger partial charge in [-0.3, -0.25) is 14.5 Å². The first kappa shape index (κ1) is 26.3. The Morgan fingerprint density at radius 1 is 1.03 bits per heavy atom. The molecule has 1 amide bonds.